The van der Waals surface area contributed by atoms with Crippen molar-refractivity contribution in [1.82, 2.24) is 10.6 Å². The SMILES string of the molecule is O=C(C1CCCNCC1)C1CCC(CC(=CC[C@H]2CCCC(OC(F)(F)I)C2)C2CC=C(C3CCCCC3C3CC3)N2)CC1. The maximum absolute atomic E-state index is 13.6. The summed E-state index contributed by atoms with van der Waals surface area (Å²) >= 11 is 1.12. The zero-order chi connectivity index (χ0) is 30.5. The summed E-state index contributed by atoms with van der Waals surface area (Å²) in [5.41, 5.74) is 3.07. The Labute approximate surface area is 278 Å². The van der Waals surface area contributed by atoms with E-state index in [0.717, 1.165) is 137 Å². The normalized spacial score (nSPS) is 37.6. The molecule has 0 aromatic heterocycles. The van der Waals surface area contributed by atoms with Crippen LogP contribution in [0.1, 0.15) is 128 Å². The summed E-state index contributed by atoms with van der Waals surface area (Å²) in [5.74, 6) is 4.69. The quantitative estimate of drug-likeness (QED) is 0.127. The van der Waals surface area contributed by atoms with Crippen LogP contribution in [0.3, 0.4) is 0 Å². The Bertz CT molecular complexity index is 1010. The summed E-state index contributed by atoms with van der Waals surface area (Å²) in [6.45, 7) is 2.04. The highest BCUT2D eigenvalue weighted by atomic mass is 127. The van der Waals surface area contributed by atoms with Crippen molar-refractivity contribution in [3.63, 3.8) is 0 Å². The number of nitrogens with one attached hydrogen (secondary N) is 2. The number of ether oxygens (including phenoxy) is 1. The third-order valence-corrected chi connectivity index (χ3v) is 12.6. The van der Waals surface area contributed by atoms with Gasteiger partial charge in [-0.15, -0.1) is 0 Å². The third-order valence-electron chi connectivity index (χ3n) is 12.3. The molecular formula is C37H57F2IN2O2. The van der Waals surface area contributed by atoms with Crippen LogP contribution in [0.4, 0.5) is 8.78 Å². The van der Waals surface area contributed by atoms with Gasteiger partial charge in [-0.1, -0.05) is 37.0 Å². The van der Waals surface area contributed by atoms with Crippen LogP contribution in [-0.4, -0.2) is 35.1 Å². The highest BCUT2D eigenvalue weighted by molar-refractivity contribution is 14.1. The predicted molar refractivity (Wildman–Crippen MR) is 182 cm³/mol. The third kappa shape index (κ3) is 9.29. The fourth-order valence-corrected chi connectivity index (χ4v) is 10.1. The lowest BCUT2D eigenvalue weighted by Crippen LogP contribution is -2.33. The Balaban J connectivity index is 1.08. The molecular weight excluding hydrogens is 669 g/mol. The number of rotatable bonds is 11. The Morgan fingerprint density at radius 2 is 1.68 bits per heavy atom. The van der Waals surface area contributed by atoms with Gasteiger partial charge in [-0.3, -0.25) is 4.79 Å². The molecule has 0 aromatic carbocycles. The second-order valence-corrected chi connectivity index (χ2v) is 16.7. The van der Waals surface area contributed by atoms with Crippen LogP contribution >= 0.6 is 22.6 Å². The van der Waals surface area contributed by atoms with E-state index in [2.05, 4.69) is 22.8 Å². The van der Waals surface area contributed by atoms with Gasteiger partial charge in [0.2, 0.25) is 0 Å². The Hall–Kier alpha value is -0.540. The molecule has 0 radical (unpaired) electrons. The van der Waals surface area contributed by atoms with Gasteiger partial charge in [0.25, 0.3) is 0 Å². The van der Waals surface area contributed by atoms with Crippen molar-refractivity contribution >= 4 is 28.4 Å². The molecule has 7 heteroatoms. The molecule has 6 rings (SSSR count). The lowest BCUT2D eigenvalue weighted by molar-refractivity contribution is -0.187. The van der Waals surface area contributed by atoms with Gasteiger partial charge >= 0.3 is 4.12 Å². The molecule has 2 heterocycles. The van der Waals surface area contributed by atoms with Gasteiger partial charge in [-0.05, 0) is 146 Å². The minimum Gasteiger partial charge on any atom is -0.382 e. The van der Waals surface area contributed by atoms with E-state index < -0.39 is 4.12 Å². The van der Waals surface area contributed by atoms with Crippen LogP contribution in [0.2, 0.25) is 0 Å². The fraction of sp³-hybridized carbons (Fsp3) is 0.865. The van der Waals surface area contributed by atoms with E-state index >= 15 is 0 Å². The molecule has 44 heavy (non-hydrogen) atoms. The molecule has 4 saturated carbocycles. The minimum atomic E-state index is -3.08. The van der Waals surface area contributed by atoms with Crippen LogP contribution in [0.5, 0.6) is 0 Å². The number of allylic oxidation sites excluding steroid dienone is 2. The van der Waals surface area contributed by atoms with E-state index in [0.29, 0.717) is 29.6 Å². The van der Waals surface area contributed by atoms with Gasteiger partial charge in [-0.2, -0.15) is 8.78 Å². The summed E-state index contributed by atoms with van der Waals surface area (Å²) in [6.07, 6.45) is 27.4. The Kier molecular flexibility index (Phi) is 11.8. The molecule has 5 unspecified atom stereocenters. The van der Waals surface area contributed by atoms with Crippen molar-refractivity contribution in [3.05, 3.63) is 23.4 Å². The Morgan fingerprint density at radius 1 is 0.886 bits per heavy atom. The number of carbonyl (C=O) groups is 1. The monoisotopic (exact) mass is 726 g/mol. The Morgan fingerprint density at radius 3 is 2.48 bits per heavy atom. The van der Waals surface area contributed by atoms with Gasteiger partial charge in [-0.25, -0.2) is 0 Å². The molecule has 0 amide bonds. The van der Waals surface area contributed by atoms with E-state index in [4.69, 9.17) is 4.74 Å². The summed E-state index contributed by atoms with van der Waals surface area (Å²) in [6, 6.07) is 0.374. The molecule has 248 valence electrons. The molecule has 0 spiro atoms. The smallest absolute Gasteiger partial charge is 0.382 e. The molecule has 4 aliphatic carbocycles. The topological polar surface area (TPSA) is 50.4 Å². The summed E-state index contributed by atoms with van der Waals surface area (Å²) in [7, 11) is 0. The number of hydrogen-bond acceptors (Lipinski definition) is 4. The maximum Gasteiger partial charge on any atom is 0.408 e. The number of hydrogen-bond donors (Lipinski definition) is 2. The number of carbonyl (C=O) groups excluding carboxylic acids is 1. The number of ketones is 1. The number of halogens is 3. The largest absolute Gasteiger partial charge is 0.408 e. The van der Waals surface area contributed by atoms with Crippen LogP contribution in [0.25, 0.3) is 0 Å². The average molecular weight is 727 g/mol. The van der Waals surface area contributed by atoms with E-state index in [-0.39, 0.29) is 17.9 Å². The summed E-state index contributed by atoms with van der Waals surface area (Å²) in [5, 5.41) is 7.54. The van der Waals surface area contributed by atoms with Gasteiger partial charge in [0.05, 0.1) is 12.1 Å². The van der Waals surface area contributed by atoms with Crippen molar-refractivity contribution in [2.24, 2.45) is 41.4 Å². The second kappa shape index (κ2) is 15.6. The maximum atomic E-state index is 13.6. The number of alkyl halides is 3. The zero-order valence-corrected chi connectivity index (χ0v) is 29.0. The summed E-state index contributed by atoms with van der Waals surface area (Å²) in [4.78, 5) is 13.4. The lowest BCUT2D eigenvalue weighted by Gasteiger charge is -2.35. The van der Waals surface area contributed by atoms with Crippen molar-refractivity contribution in [2.45, 2.75) is 145 Å². The average Bonchev–Trinajstić information content (AvgIpc) is 3.81. The van der Waals surface area contributed by atoms with Crippen LogP contribution in [-0.2, 0) is 9.53 Å². The lowest BCUT2D eigenvalue weighted by atomic mass is 9.73. The molecule has 1 saturated heterocycles. The van der Waals surface area contributed by atoms with Crippen molar-refractivity contribution in [3.8, 4) is 0 Å². The van der Waals surface area contributed by atoms with Crippen molar-refractivity contribution in [1.29, 1.82) is 0 Å². The first kappa shape index (κ1) is 33.4. The van der Waals surface area contributed by atoms with Gasteiger partial charge < -0.3 is 15.4 Å². The molecule has 2 aliphatic heterocycles. The summed E-state index contributed by atoms with van der Waals surface area (Å²) < 4.78 is 29.2. The molecule has 2 N–H and O–H groups in total. The van der Waals surface area contributed by atoms with Crippen LogP contribution < -0.4 is 10.6 Å². The van der Waals surface area contributed by atoms with E-state index in [9.17, 15) is 13.6 Å². The molecule has 4 nitrogen and oxygen atoms in total. The van der Waals surface area contributed by atoms with Gasteiger partial charge in [0.15, 0.2) is 0 Å². The van der Waals surface area contributed by atoms with Crippen LogP contribution in [0, 0.1) is 41.4 Å². The first-order valence-electron chi connectivity index (χ1n) is 18.5. The van der Waals surface area contributed by atoms with E-state index in [1.165, 1.54) is 44.2 Å². The van der Waals surface area contributed by atoms with Crippen LogP contribution in [0.15, 0.2) is 23.4 Å². The fourth-order valence-electron chi connectivity index (χ4n) is 9.76. The zero-order valence-electron chi connectivity index (χ0n) is 26.9. The van der Waals surface area contributed by atoms with Gasteiger partial charge in [0, 0.05) is 46.0 Å². The van der Waals surface area contributed by atoms with Crippen molar-refractivity contribution in [2.75, 3.05) is 13.1 Å². The minimum absolute atomic E-state index is 0.264. The molecule has 0 bridgehead atoms. The van der Waals surface area contributed by atoms with Gasteiger partial charge in [0.1, 0.15) is 5.78 Å². The van der Waals surface area contributed by atoms with Crippen molar-refractivity contribution < 1.29 is 18.3 Å². The molecule has 5 fully saturated rings. The molecule has 0 aromatic rings. The molecule has 6 atom stereocenters. The molecule has 6 aliphatic rings. The second-order valence-electron chi connectivity index (χ2n) is 15.4. The highest BCUT2D eigenvalue weighted by Gasteiger charge is 2.41. The first-order valence-corrected chi connectivity index (χ1v) is 19.5. The first-order chi connectivity index (χ1) is 21.3. The standard InChI is InChI=1S/C37H57F2IN2O2/c38-37(39,40)44-31-7-3-5-25(24-31)12-15-30(34-18-19-35(42-34)33-9-2-1-8-32(33)27-16-17-27)23-26-10-13-29(14-11-26)36(43)28-6-4-21-41-22-20-28/h15,19,25-29,31-34,41-42H,1-14,16-18,20-24H2/t25-,26?,28?,29?,31?,32?,33?,34?/m1/s1. The number of Topliss-reactive ketones (excluding diaryl/α,β-unsaturated/α-hetero) is 1. The van der Waals surface area contributed by atoms with E-state index in [1.54, 1.807) is 5.57 Å². The predicted octanol–water partition coefficient (Wildman–Crippen LogP) is 9.48. The highest BCUT2D eigenvalue weighted by Crippen LogP contribution is 2.49. The van der Waals surface area contributed by atoms with E-state index in [1.807, 2.05) is 0 Å².